The Morgan fingerprint density at radius 1 is 1.11 bits per heavy atom. The number of ether oxygens (including phenoxy) is 2. The van der Waals surface area contributed by atoms with E-state index in [-0.39, 0.29) is 34.7 Å². The number of unbranched alkanes of at least 4 members (excludes halogenated alkanes) is 2. The summed E-state index contributed by atoms with van der Waals surface area (Å²) in [6, 6.07) is 15.7. The van der Waals surface area contributed by atoms with Gasteiger partial charge in [-0.3, -0.25) is 14.9 Å². The maximum Gasteiger partial charge on any atom is 0.336 e. The molecule has 0 spiro atoms. The first-order valence-electron chi connectivity index (χ1n) is 11.3. The van der Waals surface area contributed by atoms with Crippen LogP contribution in [0.5, 0.6) is 0 Å². The number of nitrogens with one attached hydrogen (secondary N) is 1. The molecule has 0 saturated heterocycles. The van der Waals surface area contributed by atoms with E-state index >= 15 is 0 Å². The van der Waals surface area contributed by atoms with Gasteiger partial charge in [0.1, 0.15) is 5.57 Å². The van der Waals surface area contributed by atoms with E-state index in [1.165, 1.54) is 30.9 Å². The third-order valence-electron chi connectivity index (χ3n) is 5.77. The van der Waals surface area contributed by atoms with E-state index in [2.05, 4.69) is 17.4 Å². The van der Waals surface area contributed by atoms with Crippen molar-refractivity contribution in [2.45, 2.75) is 38.5 Å². The number of hydrogen-bond donors (Lipinski definition) is 2. The number of carbonyl (C=O) groups excluding carboxylic acids is 2. The summed E-state index contributed by atoms with van der Waals surface area (Å²) in [7, 11) is 1.18. The van der Waals surface area contributed by atoms with E-state index in [0.717, 1.165) is 19.3 Å². The van der Waals surface area contributed by atoms with E-state index in [9.17, 15) is 24.8 Å². The Labute approximate surface area is 203 Å². The summed E-state index contributed by atoms with van der Waals surface area (Å²) >= 11 is 0. The van der Waals surface area contributed by atoms with Crippen molar-refractivity contribution in [3.05, 3.63) is 98.6 Å². The average Bonchev–Trinajstić information content (AvgIpc) is 2.85. The van der Waals surface area contributed by atoms with Crippen molar-refractivity contribution >= 4 is 17.6 Å². The molecule has 2 aromatic rings. The molecule has 0 aromatic heterocycles. The van der Waals surface area contributed by atoms with Crippen molar-refractivity contribution in [3.63, 3.8) is 0 Å². The monoisotopic (exact) mass is 480 g/mol. The first-order valence-corrected chi connectivity index (χ1v) is 11.3. The van der Waals surface area contributed by atoms with Crippen LogP contribution in [0.15, 0.2) is 77.4 Å². The number of nitro benzene ring substituents is 1. The molecule has 0 saturated carbocycles. The van der Waals surface area contributed by atoms with Crippen molar-refractivity contribution in [2.75, 3.05) is 13.7 Å². The number of rotatable bonds is 10. The summed E-state index contributed by atoms with van der Waals surface area (Å²) in [5.74, 6) is -3.13. The zero-order valence-electron chi connectivity index (χ0n) is 19.7. The summed E-state index contributed by atoms with van der Waals surface area (Å²) in [6.07, 6.45) is 3.40. The first-order chi connectivity index (χ1) is 16.8. The number of aliphatic hydroxyl groups excluding tert-OH is 1. The van der Waals surface area contributed by atoms with Gasteiger partial charge >= 0.3 is 5.97 Å². The topological polar surface area (TPSA) is 128 Å². The van der Waals surface area contributed by atoms with Crippen LogP contribution >= 0.6 is 0 Å². The fraction of sp³-hybridized carbons (Fsp3) is 0.308. The van der Waals surface area contributed by atoms with Crippen molar-refractivity contribution in [2.24, 2.45) is 0 Å². The summed E-state index contributed by atoms with van der Waals surface area (Å²) < 4.78 is 10.4. The Hall–Kier alpha value is -4.14. The zero-order valence-corrected chi connectivity index (χ0v) is 19.7. The molecule has 0 aliphatic carbocycles. The minimum absolute atomic E-state index is 0.0768. The molecule has 2 aromatic carbocycles. The molecule has 1 heterocycles. The van der Waals surface area contributed by atoms with Gasteiger partial charge < -0.3 is 19.9 Å². The number of non-ortho nitro benzene ring substituents is 1. The third kappa shape index (κ3) is 6.26. The number of aryl methyl sites for hydroxylation is 1. The number of hydrogen-bond acceptors (Lipinski definition) is 7. The van der Waals surface area contributed by atoms with Crippen LogP contribution < -0.4 is 5.32 Å². The highest BCUT2D eigenvalue weighted by atomic mass is 16.6. The van der Waals surface area contributed by atoms with Crippen LogP contribution in [0.3, 0.4) is 0 Å². The Balaban J connectivity index is 1.77. The summed E-state index contributed by atoms with van der Waals surface area (Å²) in [5, 5.41) is 24.2. The summed E-state index contributed by atoms with van der Waals surface area (Å²) in [5.41, 5.74) is 1.41. The maximum atomic E-state index is 13.1. The van der Waals surface area contributed by atoms with Crippen LogP contribution in [0, 0.1) is 10.1 Å². The summed E-state index contributed by atoms with van der Waals surface area (Å²) in [4.78, 5) is 36.5. The van der Waals surface area contributed by atoms with E-state index in [0.29, 0.717) is 6.42 Å². The first kappa shape index (κ1) is 25.5. The molecule has 184 valence electrons. The quantitative estimate of drug-likeness (QED) is 0.128. The van der Waals surface area contributed by atoms with Crippen LogP contribution in [-0.4, -0.2) is 35.6 Å². The van der Waals surface area contributed by atoms with E-state index in [1.54, 1.807) is 13.0 Å². The lowest BCUT2D eigenvalue weighted by Gasteiger charge is -2.29. The molecule has 0 fully saturated rings. The molecule has 0 bridgehead atoms. The van der Waals surface area contributed by atoms with Gasteiger partial charge in [0.2, 0.25) is 0 Å². The highest BCUT2D eigenvalue weighted by Gasteiger charge is 2.40. The third-order valence-corrected chi connectivity index (χ3v) is 5.77. The number of methoxy groups -OCH3 is 1. The Bertz CT molecular complexity index is 1160. The molecule has 1 aliphatic heterocycles. The van der Waals surface area contributed by atoms with Crippen LogP contribution in [0.1, 0.15) is 43.2 Å². The standard InChI is InChI=1S/C26H28N2O7/c1-17-21(26(31)35-15-8-4-7-12-18-10-5-3-6-11-18)22(23(24(29)27-17)25(30)34-2)19-13-9-14-20(16-19)28(32)33/h3,5-6,9-11,13-14,16,22,30H,4,7-8,12,15H2,1-2H3,(H,27,29)/b25-23-. The lowest BCUT2D eigenvalue weighted by atomic mass is 9.80. The molecule has 1 unspecified atom stereocenters. The van der Waals surface area contributed by atoms with Gasteiger partial charge in [-0.25, -0.2) is 4.79 Å². The molecule has 1 amide bonds. The maximum absolute atomic E-state index is 13.1. The van der Waals surface area contributed by atoms with Gasteiger partial charge in [-0.15, -0.1) is 0 Å². The molecular formula is C26H28N2O7. The predicted octanol–water partition coefficient (Wildman–Crippen LogP) is 4.45. The number of aliphatic hydroxyl groups is 1. The molecule has 3 rings (SSSR count). The van der Waals surface area contributed by atoms with Crippen molar-refractivity contribution in [1.29, 1.82) is 0 Å². The molecule has 0 radical (unpaired) electrons. The number of esters is 1. The Morgan fingerprint density at radius 3 is 2.54 bits per heavy atom. The SMILES string of the molecule is CO/C(O)=C1\C(=O)NC(C)=C(C(=O)OCCCCCc2ccccc2)C1c1cccc([N+](=O)[O-])c1. The average molecular weight is 481 g/mol. The minimum Gasteiger partial charge on any atom is -0.481 e. The smallest absolute Gasteiger partial charge is 0.336 e. The predicted molar refractivity (Wildman–Crippen MR) is 128 cm³/mol. The number of amides is 1. The highest BCUT2D eigenvalue weighted by Crippen LogP contribution is 2.39. The molecule has 9 heteroatoms. The lowest BCUT2D eigenvalue weighted by molar-refractivity contribution is -0.384. The fourth-order valence-corrected chi connectivity index (χ4v) is 4.04. The van der Waals surface area contributed by atoms with Crippen LogP contribution in [0.2, 0.25) is 0 Å². The molecule has 1 aliphatic rings. The zero-order chi connectivity index (χ0) is 25.4. The Kier molecular flexibility index (Phi) is 8.61. The van der Waals surface area contributed by atoms with Gasteiger partial charge in [-0.2, -0.15) is 0 Å². The van der Waals surface area contributed by atoms with E-state index < -0.39 is 28.7 Å². The number of allylic oxidation sites excluding steroid dienone is 1. The van der Waals surface area contributed by atoms with Gasteiger partial charge in [-0.1, -0.05) is 42.5 Å². The molecule has 9 nitrogen and oxygen atoms in total. The Morgan fingerprint density at radius 2 is 1.86 bits per heavy atom. The molecular weight excluding hydrogens is 452 g/mol. The highest BCUT2D eigenvalue weighted by molar-refractivity contribution is 6.04. The van der Waals surface area contributed by atoms with Gasteiger partial charge in [0.25, 0.3) is 17.5 Å². The van der Waals surface area contributed by atoms with Crippen molar-refractivity contribution < 1.29 is 29.1 Å². The lowest BCUT2D eigenvalue weighted by Crippen LogP contribution is -2.37. The molecule has 35 heavy (non-hydrogen) atoms. The number of nitrogens with zero attached hydrogens (tertiary/aromatic N) is 1. The van der Waals surface area contributed by atoms with E-state index in [1.807, 2.05) is 18.2 Å². The fourth-order valence-electron chi connectivity index (χ4n) is 4.04. The number of benzene rings is 2. The van der Waals surface area contributed by atoms with Gasteiger partial charge in [-0.05, 0) is 43.7 Å². The number of nitro groups is 1. The van der Waals surface area contributed by atoms with E-state index in [4.69, 9.17) is 9.47 Å². The van der Waals surface area contributed by atoms with Crippen LogP contribution in [-0.2, 0) is 25.5 Å². The van der Waals surface area contributed by atoms with Crippen LogP contribution in [0.4, 0.5) is 5.69 Å². The second-order valence-electron chi connectivity index (χ2n) is 8.13. The summed E-state index contributed by atoms with van der Waals surface area (Å²) in [6.45, 7) is 1.72. The normalized spacial score (nSPS) is 17.0. The molecule has 2 N–H and O–H groups in total. The second-order valence-corrected chi connectivity index (χ2v) is 8.13. The minimum atomic E-state index is -1.10. The number of carbonyl (C=O) groups is 2. The van der Waals surface area contributed by atoms with Gasteiger partial charge in [0.15, 0.2) is 0 Å². The van der Waals surface area contributed by atoms with Gasteiger partial charge in [0.05, 0.1) is 30.1 Å². The largest absolute Gasteiger partial charge is 0.481 e. The van der Waals surface area contributed by atoms with Crippen LogP contribution in [0.25, 0.3) is 0 Å². The van der Waals surface area contributed by atoms with Gasteiger partial charge in [0, 0.05) is 17.8 Å². The van der Waals surface area contributed by atoms with Crippen molar-refractivity contribution in [1.82, 2.24) is 5.32 Å². The molecule has 1 atom stereocenters. The second kappa shape index (κ2) is 11.8. The van der Waals surface area contributed by atoms with Crippen molar-refractivity contribution in [3.8, 4) is 0 Å².